The van der Waals surface area contributed by atoms with Crippen LogP contribution < -0.4 is 0 Å². The minimum absolute atomic E-state index is 0.523. The standard InChI is InChI=1S/C27H33O11P/c1-18(20-10-6-4-7-11-20)35-24(30)14-22(28)16-26(32)37-39(3,34)38-27(33)17-23(29)15-25(31)36-19(2)21-12-8-5-9-13-21/h4-13,18-19,22-23,28-29H,14-17H2,1-3H3/t18-,19-,22?,23?,39?/m1/s1. The molecule has 0 aliphatic carbocycles. The molecule has 0 bridgehead atoms. The van der Waals surface area contributed by atoms with Crippen molar-refractivity contribution in [1.29, 1.82) is 0 Å². The zero-order chi connectivity index (χ0) is 29.0. The Kier molecular flexibility index (Phi) is 12.3. The number of aliphatic hydroxyl groups excluding tert-OH is 2. The second-order valence-electron chi connectivity index (χ2n) is 8.91. The van der Waals surface area contributed by atoms with Crippen molar-refractivity contribution >= 4 is 31.5 Å². The van der Waals surface area contributed by atoms with E-state index >= 15 is 0 Å². The second kappa shape index (κ2) is 15.2. The summed E-state index contributed by atoms with van der Waals surface area (Å²) in [5.74, 6) is -3.87. The average Bonchev–Trinajstić information content (AvgIpc) is 2.83. The van der Waals surface area contributed by atoms with Crippen molar-refractivity contribution in [2.75, 3.05) is 6.66 Å². The minimum Gasteiger partial charge on any atom is -0.458 e. The molecule has 2 aromatic carbocycles. The van der Waals surface area contributed by atoms with Crippen LogP contribution in [-0.4, -0.2) is 53.0 Å². The number of rotatable bonds is 14. The van der Waals surface area contributed by atoms with Gasteiger partial charge in [-0.05, 0) is 25.0 Å². The number of benzene rings is 2. The van der Waals surface area contributed by atoms with E-state index in [4.69, 9.17) is 9.47 Å². The molecule has 2 N–H and O–H groups in total. The van der Waals surface area contributed by atoms with Gasteiger partial charge in [0.2, 0.25) is 0 Å². The Balaban J connectivity index is 1.72. The fourth-order valence-corrected chi connectivity index (χ4v) is 4.38. The maximum absolute atomic E-state index is 12.4. The first-order valence-electron chi connectivity index (χ1n) is 12.2. The van der Waals surface area contributed by atoms with Crippen molar-refractivity contribution in [1.82, 2.24) is 0 Å². The lowest BCUT2D eigenvalue weighted by molar-refractivity contribution is -0.152. The first-order valence-corrected chi connectivity index (χ1v) is 14.2. The topological polar surface area (TPSA) is 163 Å². The molecule has 0 saturated carbocycles. The number of hydrogen-bond acceptors (Lipinski definition) is 11. The van der Waals surface area contributed by atoms with Gasteiger partial charge >= 0.3 is 31.5 Å². The van der Waals surface area contributed by atoms with E-state index in [1.54, 1.807) is 62.4 Å². The van der Waals surface area contributed by atoms with Crippen LogP contribution in [0.4, 0.5) is 0 Å². The molecule has 2 aromatic rings. The number of carbonyl (C=O) groups is 4. The summed E-state index contributed by atoms with van der Waals surface area (Å²) in [7, 11) is -4.26. The number of hydrogen-bond donors (Lipinski definition) is 2. The summed E-state index contributed by atoms with van der Waals surface area (Å²) in [5, 5.41) is 20.0. The average molecular weight is 565 g/mol. The van der Waals surface area contributed by atoms with Gasteiger partial charge in [-0.1, -0.05) is 60.7 Å². The van der Waals surface area contributed by atoms with Gasteiger partial charge in [-0.3, -0.25) is 19.2 Å². The molecule has 2 unspecified atom stereocenters. The zero-order valence-corrected chi connectivity index (χ0v) is 22.8. The van der Waals surface area contributed by atoms with Crippen molar-refractivity contribution in [3.05, 3.63) is 71.8 Å². The molecular formula is C27H33O11P. The molecular weight excluding hydrogens is 531 g/mol. The fraction of sp³-hybridized carbons (Fsp3) is 0.407. The van der Waals surface area contributed by atoms with Gasteiger partial charge in [-0.25, -0.2) is 4.57 Å². The molecule has 0 aliphatic rings. The molecule has 0 heterocycles. The van der Waals surface area contributed by atoms with E-state index in [0.29, 0.717) is 0 Å². The first kappa shape index (κ1) is 31.7. The van der Waals surface area contributed by atoms with Crippen molar-refractivity contribution in [3.63, 3.8) is 0 Å². The van der Waals surface area contributed by atoms with Gasteiger partial charge in [0, 0.05) is 0 Å². The van der Waals surface area contributed by atoms with Crippen LogP contribution in [0, 0.1) is 0 Å². The van der Waals surface area contributed by atoms with Crippen molar-refractivity contribution in [2.45, 2.75) is 63.9 Å². The molecule has 39 heavy (non-hydrogen) atoms. The molecule has 0 aliphatic heterocycles. The molecule has 12 heteroatoms. The van der Waals surface area contributed by atoms with E-state index in [1.165, 1.54) is 0 Å². The summed E-state index contributed by atoms with van der Waals surface area (Å²) in [6, 6.07) is 17.8. The normalized spacial score (nSPS) is 15.5. The van der Waals surface area contributed by atoms with Gasteiger partial charge in [0.05, 0.1) is 44.6 Å². The minimum atomic E-state index is -4.26. The monoisotopic (exact) mass is 564 g/mol. The molecule has 0 spiro atoms. The van der Waals surface area contributed by atoms with Crippen LogP contribution in [0.15, 0.2) is 60.7 Å². The fourth-order valence-electron chi connectivity index (χ4n) is 3.45. The molecule has 11 nitrogen and oxygen atoms in total. The Morgan fingerprint density at radius 3 is 1.28 bits per heavy atom. The van der Waals surface area contributed by atoms with E-state index in [-0.39, 0.29) is 0 Å². The lowest BCUT2D eigenvalue weighted by Crippen LogP contribution is -2.22. The van der Waals surface area contributed by atoms with Gasteiger partial charge in [0.15, 0.2) is 0 Å². The van der Waals surface area contributed by atoms with Crippen molar-refractivity contribution < 1.29 is 52.5 Å². The van der Waals surface area contributed by atoms with Crippen LogP contribution >= 0.6 is 7.60 Å². The predicted octanol–water partition coefficient (Wildman–Crippen LogP) is 3.79. The molecule has 0 fully saturated rings. The van der Waals surface area contributed by atoms with Crippen LogP contribution in [0.25, 0.3) is 0 Å². The number of ether oxygens (including phenoxy) is 2. The number of esters is 2. The van der Waals surface area contributed by atoms with E-state index in [2.05, 4.69) is 9.05 Å². The van der Waals surface area contributed by atoms with Crippen LogP contribution in [0.3, 0.4) is 0 Å². The van der Waals surface area contributed by atoms with Gasteiger partial charge in [-0.15, -0.1) is 0 Å². The molecule has 0 amide bonds. The number of carbonyl (C=O) groups excluding carboxylic acids is 4. The highest BCUT2D eigenvalue weighted by molar-refractivity contribution is 7.54. The van der Waals surface area contributed by atoms with E-state index < -0.39 is 81.6 Å². The Bertz CT molecular complexity index is 1070. The third-order valence-electron chi connectivity index (χ3n) is 5.30. The largest absolute Gasteiger partial charge is 0.458 e. The van der Waals surface area contributed by atoms with E-state index in [0.717, 1.165) is 17.8 Å². The third kappa shape index (κ3) is 12.2. The van der Waals surface area contributed by atoms with Gasteiger partial charge in [0.25, 0.3) is 0 Å². The molecule has 0 radical (unpaired) electrons. The van der Waals surface area contributed by atoms with Crippen molar-refractivity contribution in [3.8, 4) is 0 Å². The summed E-state index contributed by atoms with van der Waals surface area (Å²) < 4.78 is 32.2. The van der Waals surface area contributed by atoms with Crippen LogP contribution in [0.2, 0.25) is 0 Å². The zero-order valence-electron chi connectivity index (χ0n) is 21.9. The van der Waals surface area contributed by atoms with Gasteiger partial charge < -0.3 is 28.7 Å². The van der Waals surface area contributed by atoms with Crippen LogP contribution in [0.1, 0.15) is 62.9 Å². The van der Waals surface area contributed by atoms with Gasteiger partial charge in [0.1, 0.15) is 12.2 Å². The highest BCUT2D eigenvalue weighted by atomic mass is 31.2. The van der Waals surface area contributed by atoms with Crippen LogP contribution in [0.5, 0.6) is 0 Å². The Hall–Kier alpha value is -3.53. The first-order chi connectivity index (χ1) is 18.3. The van der Waals surface area contributed by atoms with Crippen molar-refractivity contribution in [2.24, 2.45) is 0 Å². The third-order valence-corrected chi connectivity index (χ3v) is 6.37. The SMILES string of the molecule is C[C@@H](OC(=O)CC(O)CC(=O)OP(C)(=O)OC(=O)CC(O)CC(=O)O[C@H](C)c1ccccc1)c1ccccc1. The highest BCUT2D eigenvalue weighted by Gasteiger charge is 2.30. The molecule has 4 atom stereocenters. The summed E-state index contributed by atoms with van der Waals surface area (Å²) in [5.41, 5.74) is 1.49. The summed E-state index contributed by atoms with van der Waals surface area (Å²) in [4.78, 5) is 48.2. The van der Waals surface area contributed by atoms with E-state index in [9.17, 15) is 34.0 Å². The Labute approximate surface area is 226 Å². The smallest absolute Gasteiger partial charge is 0.431 e. The Morgan fingerprint density at radius 1 is 0.641 bits per heavy atom. The summed E-state index contributed by atoms with van der Waals surface area (Å²) in [6.45, 7) is 4.16. The van der Waals surface area contributed by atoms with E-state index in [1.807, 2.05) is 12.1 Å². The summed E-state index contributed by atoms with van der Waals surface area (Å²) >= 11 is 0. The summed E-state index contributed by atoms with van der Waals surface area (Å²) in [6.07, 6.45) is -6.59. The maximum atomic E-state index is 12.4. The maximum Gasteiger partial charge on any atom is 0.431 e. The number of aliphatic hydroxyl groups is 2. The lowest BCUT2D eigenvalue weighted by atomic mass is 10.1. The molecule has 212 valence electrons. The molecule has 0 aromatic heterocycles. The predicted molar refractivity (Wildman–Crippen MR) is 138 cm³/mol. The Morgan fingerprint density at radius 2 is 0.949 bits per heavy atom. The molecule has 2 rings (SSSR count). The lowest BCUT2D eigenvalue weighted by Gasteiger charge is -2.17. The second-order valence-corrected chi connectivity index (χ2v) is 10.8. The highest BCUT2D eigenvalue weighted by Crippen LogP contribution is 2.45. The van der Waals surface area contributed by atoms with Gasteiger partial charge in [-0.2, -0.15) is 0 Å². The van der Waals surface area contributed by atoms with Crippen LogP contribution in [-0.2, 0) is 42.3 Å². The molecule has 0 saturated heterocycles. The quantitative estimate of drug-likeness (QED) is 0.254.